The van der Waals surface area contributed by atoms with Crippen molar-refractivity contribution in [2.24, 2.45) is 0 Å². The number of benzene rings is 1. The zero-order chi connectivity index (χ0) is 22.0. The molecule has 31 heavy (non-hydrogen) atoms. The predicted molar refractivity (Wildman–Crippen MR) is 122 cm³/mol. The quantitative estimate of drug-likeness (QED) is 0.673. The molecule has 2 fully saturated rings. The summed E-state index contributed by atoms with van der Waals surface area (Å²) in [7, 11) is 0. The summed E-state index contributed by atoms with van der Waals surface area (Å²) in [5.41, 5.74) is 0.443. The lowest BCUT2D eigenvalue weighted by molar-refractivity contribution is -0.144. The van der Waals surface area contributed by atoms with Gasteiger partial charge in [-0.2, -0.15) is 0 Å². The summed E-state index contributed by atoms with van der Waals surface area (Å²) < 4.78 is 0. The number of halogens is 2. The largest absolute Gasteiger partial charge is 0.337 e. The van der Waals surface area contributed by atoms with E-state index in [-0.39, 0.29) is 17.7 Å². The molecule has 1 aromatic carbocycles. The van der Waals surface area contributed by atoms with E-state index in [4.69, 9.17) is 23.2 Å². The zero-order valence-electron chi connectivity index (χ0n) is 16.9. The fourth-order valence-electron chi connectivity index (χ4n) is 4.19. The van der Waals surface area contributed by atoms with Crippen LogP contribution in [0.5, 0.6) is 0 Å². The summed E-state index contributed by atoms with van der Waals surface area (Å²) in [5.74, 6) is -0.162. The lowest BCUT2D eigenvalue weighted by atomic mass is 10.1. The Morgan fingerprint density at radius 2 is 1.65 bits per heavy atom. The number of likely N-dealkylation sites (tertiary alicyclic amines) is 1. The third-order valence-electron chi connectivity index (χ3n) is 5.75. The highest BCUT2D eigenvalue weighted by Crippen LogP contribution is 2.24. The summed E-state index contributed by atoms with van der Waals surface area (Å²) in [6.07, 6.45) is 1.86. The first-order valence-electron chi connectivity index (χ1n) is 10.3. The van der Waals surface area contributed by atoms with Gasteiger partial charge in [0.15, 0.2) is 0 Å². The summed E-state index contributed by atoms with van der Waals surface area (Å²) in [5, 5.41) is 2.78. The van der Waals surface area contributed by atoms with E-state index in [0.717, 1.165) is 11.3 Å². The van der Waals surface area contributed by atoms with E-state index in [1.165, 1.54) is 0 Å². The summed E-state index contributed by atoms with van der Waals surface area (Å²) in [6.45, 7) is 2.38. The van der Waals surface area contributed by atoms with Crippen LogP contribution in [0.4, 0.5) is 0 Å². The minimum absolute atomic E-state index is 0.00458. The number of rotatable bonds is 4. The molecule has 0 aliphatic carbocycles. The van der Waals surface area contributed by atoms with E-state index in [2.05, 4.69) is 0 Å². The van der Waals surface area contributed by atoms with Crippen LogP contribution in [0.25, 0.3) is 0 Å². The van der Waals surface area contributed by atoms with Crippen molar-refractivity contribution in [3.05, 3.63) is 56.2 Å². The van der Waals surface area contributed by atoms with Gasteiger partial charge in [-0.1, -0.05) is 29.3 Å². The summed E-state index contributed by atoms with van der Waals surface area (Å²) >= 11 is 13.6. The van der Waals surface area contributed by atoms with Gasteiger partial charge in [-0.15, -0.1) is 11.3 Å². The maximum atomic E-state index is 13.1. The fourth-order valence-corrected chi connectivity index (χ4v) is 5.41. The van der Waals surface area contributed by atoms with Crippen LogP contribution < -0.4 is 0 Å². The van der Waals surface area contributed by atoms with E-state index in [0.29, 0.717) is 61.2 Å². The van der Waals surface area contributed by atoms with Crippen molar-refractivity contribution >= 4 is 52.3 Å². The Kier molecular flexibility index (Phi) is 6.84. The molecule has 0 radical (unpaired) electrons. The molecule has 3 heterocycles. The molecule has 0 N–H and O–H groups in total. The molecule has 4 rings (SSSR count). The van der Waals surface area contributed by atoms with Crippen LogP contribution in [0.2, 0.25) is 10.0 Å². The molecule has 2 aliphatic heterocycles. The van der Waals surface area contributed by atoms with Crippen LogP contribution in [0.15, 0.2) is 35.7 Å². The minimum atomic E-state index is -0.401. The first kappa shape index (κ1) is 22.1. The van der Waals surface area contributed by atoms with E-state index < -0.39 is 6.04 Å². The second-order valence-corrected chi connectivity index (χ2v) is 9.68. The second kappa shape index (κ2) is 9.59. The average molecular weight is 480 g/mol. The van der Waals surface area contributed by atoms with Crippen molar-refractivity contribution in [3.8, 4) is 0 Å². The zero-order valence-corrected chi connectivity index (χ0v) is 19.3. The Morgan fingerprint density at radius 1 is 0.968 bits per heavy atom. The molecule has 2 aromatic rings. The molecule has 1 atom stereocenters. The maximum Gasteiger partial charge on any atom is 0.254 e. The lowest BCUT2D eigenvalue weighted by Gasteiger charge is -2.37. The minimum Gasteiger partial charge on any atom is -0.337 e. The molecule has 9 heteroatoms. The van der Waals surface area contributed by atoms with Crippen molar-refractivity contribution in [1.82, 2.24) is 14.7 Å². The Labute approximate surface area is 195 Å². The van der Waals surface area contributed by atoms with Gasteiger partial charge in [0, 0.05) is 53.2 Å². The molecule has 3 amide bonds. The molecule has 1 unspecified atom stereocenters. The Morgan fingerprint density at radius 3 is 2.29 bits per heavy atom. The molecule has 1 aromatic heterocycles. The van der Waals surface area contributed by atoms with Gasteiger partial charge >= 0.3 is 0 Å². The van der Waals surface area contributed by atoms with Gasteiger partial charge in [-0.05, 0) is 42.5 Å². The monoisotopic (exact) mass is 479 g/mol. The van der Waals surface area contributed by atoms with Gasteiger partial charge in [0.25, 0.3) is 5.91 Å². The van der Waals surface area contributed by atoms with Crippen LogP contribution in [0, 0.1) is 0 Å². The standard InChI is InChI=1S/C22H23Cl2N3O3S/c23-16-11-15(12-17(24)13-16)21(29)25-6-8-26(9-7-25)22(30)19-4-1-5-27(19)20(28)14-18-3-2-10-31-18/h2-3,10-13,19H,1,4-9,14H2. The Balaban J connectivity index is 1.35. The van der Waals surface area contributed by atoms with Crippen molar-refractivity contribution in [2.45, 2.75) is 25.3 Å². The molecule has 6 nitrogen and oxygen atoms in total. The third-order valence-corrected chi connectivity index (χ3v) is 7.06. The fraction of sp³-hybridized carbons (Fsp3) is 0.409. The van der Waals surface area contributed by atoms with Crippen molar-refractivity contribution in [1.29, 1.82) is 0 Å². The van der Waals surface area contributed by atoms with Gasteiger partial charge in [0.05, 0.1) is 6.42 Å². The average Bonchev–Trinajstić information content (AvgIpc) is 3.44. The topological polar surface area (TPSA) is 60.9 Å². The van der Waals surface area contributed by atoms with Crippen molar-refractivity contribution in [3.63, 3.8) is 0 Å². The summed E-state index contributed by atoms with van der Waals surface area (Å²) in [6, 6.07) is 8.26. The lowest BCUT2D eigenvalue weighted by Crippen LogP contribution is -2.55. The van der Waals surface area contributed by atoms with Gasteiger partial charge in [-0.3, -0.25) is 14.4 Å². The molecule has 2 aliphatic rings. The third kappa shape index (κ3) is 5.05. The molecule has 0 saturated carbocycles. The highest BCUT2D eigenvalue weighted by molar-refractivity contribution is 7.10. The van der Waals surface area contributed by atoms with Crippen LogP contribution in [0.3, 0.4) is 0 Å². The number of amides is 3. The van der Waals surface area contributed by atoms with Crippen LogP contribution >= 0.6 is 34.5 Å². The van der Waals surface area contributed by atoms with E-state index in [1.807, 2.05) is 17.5 Å². The number of piperazine rings is 1. The smallest absolute Gasteiger partial charge is 0.254 e. The van der Waals surface area contributed by atoms with Gasteiger partial charge < -0.3 is 14.7 Å². The van der Waals surface area contributed by atoms with Crippen LogP contribution in [-0.4, -0.2) is 71.2 Å². The second-order valence-electron chi connectivity index (χ2n) is 7.78. The first-order chi connectivity index (χ1) is 14.9. The maximum absolute atomic E-state index is 13.1. The summed E-state index contributed by atoms with van der Waals surface area (Å²) in [4.78, 5) is 44.9. The molecule has 2 saturated heterocycles. The van der Waals surface area contributed by atoms with E-state index >= 15 is 0 Å². The number of carbonyl (C=O) groups is 3. The molecular weight excluding hydrogens is 457 g/mol. The molecule has 0 bridgehead atoms. The number of nitrogens with zero attached hydrogens (tertiary/aromatic N) is 3. The highest BCUT2D eigenvalue weighted by Gasteiger charge is 2.37. The van der Waals surface area contributed by atoms with E-state index in [9.17, 15) is 14.4 Å². The molecular formula is C22H23Cl2N3O3S. The van der Waals surface area contributed by atoms with E-state index in [1.54, 1.807) is 44.2 Å². The molecule has 164 valence electrons. The van der Waals surface area contributed by atoms with Crippen molar-refractivity contribution < 1.29 is 14.4 Å². The van der Waals surface area contributed by atoms with Crippen LogP contribution in [-0.2, 0) is 16.0 Å². The van der Waals surface area contributed by atoms with Gasteiger partial charge in [0.1, 0.15) is 6.04 Å². The number of carbonyl (C=O) groups excluding carboxylic acids is 3. The Hall–Kier alpha value is -2.09. The number of hydrogen-bond donors (Lipinski definition) is 0. The normalized spacial score (nSPS) is 19.0. The van der Waals surface area contributed by atoms with Gasteiger partial charge in [-0.25, -0.2) is 0 Å². The number of thiophene rings is 1. The van der Waals surface area contributed by atoms with Crippen LogP contribution in [0.1, 0.15) is 28.1 Å². The SMILES string of the molecule is O=C(c1cc(Cl)cc(Cl)c1)N1CCN(C(=O)C2CCCN2C(=O)Cc2cccs2)CC1. The number of hydrogen-bond acceptors (Lipinski definition) is 4. The first-order valence-corrected chi connectivity index (χ1v) is 11.9. The van der Waals surface area contributed by atoms with Gasteiger partial charge in [0.2, 0.25) is 11.8 Å². The highest BCUT2D eigenvalue weighted by atomic mass is 35.5. The Bertz CT molecular complexity index is 954. The molecule has 0 spiro atoms. The van der Waals surface area contributed by atoms with Crippen molar-refractivity contribution in [2.75, 3.05) is 32.7 Å². The predicted octanol–water partition coefficient (Wildman–Crippen LogP) is 3.57.